The maximum Gasteiger partial charge on any atom is 0.262 e. The minimum Gasteiger partial charge on any atom is -0.337 e. The van der Waals surface area contributed by atoms with Gasteiger partial charge >= 0.3 is 0 Å². The number of carbonyl (C=O) groups is 1. The Labute approximate surface area is 148 Å². The van der Waals surface area contributed by atoms with E-state index in [1.54, 1.807) is 11.1 Å². The Morgan fingerprint density at radius 3 is 2.76 bits per heavy atom. The number of rotatable bonds is 5. The van der Waals surface area contributed by atoms with Gasteiger partial charge in [0.2, 0.25) is 0 Å². The molecule has 134 valence electrons. The van der Waals surface area contributed by atoms with Crippen LogP contribution in [0.2, 0.25) is 0 Å². The van der Waals surface area contributed by atoms with Crippen LogP contribution in [0.3, 0.4) is 0 Å². The van der Waals surface area contributed by atoms with Crippen molar-refractivity contribution in [3.05, 3.63) is 29.7 Å². The second kappa shape index (κ2) is 7.71. The van der Waals surface area contributed by atoms with Crippen LogP contribution in [0.15, 0.2) is 23.3 Å². The lowest BCUT2D eigenvalue weighted by Gasteiger charge is -2.21. The van der Waals surface area contributed by atoms with E-state index in [9.17, 15) is 4.79 Å². The van der Waals surface area contributed by atoms with Gasteiger partial charge in [-0.25, -0.2) is 9.97 Å². The van der Waals surface area contributed by atoms with E-state index < -0.39 is 5.92 Å². The lowest BCUT2D eigenvalue weighted by Crippen LogP contribution is -3.20. The second-order valence-corrected chi connectivity index (χ2v) is 6.66. The number of nitrogens with two attached hydrogens (primary N) is 1. The Balaban J connectivity index is 1.60. The topological polar surface area (TPSA) is 91.5 Å². The smallest absolute Gasteiger partial charge is 0.262 e. The van der Waals surface area contributed by atoms with Gasteiger partial charge in [-0.1, -0.05) is 6.58 Å². The number of nitrogens with zero attached hydrogens (tertiary/aromatic N) is 4. The summed E-state index contributed by atoms with van der Waals surface area (Å²) in [5.41, 5.74) is 5.23. The molecular weight excluding hydrogens is 318 g/mol. The molecule has 0 saturated carbocycles. The van der Waals surface area contributed by atoms with Crippen LogP contribution in [-0.2, 0) is 4.79 Å². The number of anilines is 1. The lowest BCUT2D eigenvalue weighted by molar-refractivity contribution is -0.945. The quantitative estimate of drug-likeness (QED) is 0.519. The van der Waals surface area contributed by atoms with Crippen LogP contribution in [0.25, 0.3) is 0 Å². The van der Waals surface area contributed by atoms with Crippen LogP contribution in [-0.4, -0.2) is 61.4 Å². The van der Waals surface area contributed by atoms with Crippen LogP contribution in [0.1, 0.15) is 11.4 Å². The minimum absolute atomic E-state index is 0.140. The van der Waals surface area contributed by atoms with Gasteiger partial charge in [-0.15, -0.1) is 0 Å². The zero-order chi connectivity index (χ0) is 17.8. The molecule has 1 aromatic rings. The molecule has 0 bridgehead atoms. The number of aliphatic imine (C=N–C) groups is 1. The summed E-state index contributed by atoms with van der Waals surface area (Å²) in [5, 5.41) is 3.72. The largest absolute Gasteiger partial charge is 0.337 e. The molecule has 0 aliphatic carbocycles. The van der Waals surface area contributed by atoms with Crippen LogP contribution in [0.5, 0.6) is 0 Å². The standard InChI is InChI=1S/C17H25N7O/c1-12-10-13(2)21-17(20-12)24-16(25)15(14(3)22-24)11-19-6-9-23-7-4-18-5-8-23/h10-11,15,18,22H,3-9H2,1-2H3/p+2/t15-/m1/s1. The molecule has 0 radical (unpaired) electrons. The molecule has 2 aliphatic rings. The SMILES string of the molecule is C=C1NN(c2nc(C)cc(C)n2)C(=O)[C@@H]1C=NCC[NH+]1CC[NH2+]CC1. The van der Waals surface area contributed by atoms with Gasteiger partial charge in [-0.3, -0.25) is 15.2 Å². The molecule has 0 aromatic carbocycles. The number of nitrogens with one attached hydrogen (secondary N) is 2. The van der Waals surface area contributed by atoms with Gasteiger partial charge in [0, 0.05) is 23.3 Å². The predicted octanol–water partition coefficient (Wildman–Crippen LogP) is -2.39. The van der Waals surface area contributed by atoms with Gasteiger partial charge in [-0.2, -0.15) is 5.01 Å². The summed E-state index contributed by atoms with van der Waals surface area (Å²) >= 11 is 0. The number of hydrogen-bond acceptors (Lipinski definition) is 5. The summed E-state index contributed by atoms with van der Waals surface area (Å²) in [6.07, 6.45) is 1.70. The van der Waals surface area contributed by atoms with Crippen molar-refractivity contribution in [1.29, 1.82) is 0 Å². The lowest BCUT2D eigenvalue weighted by atomic mass is 10.1. The number of aryl methyl sites for hydroxylation is 2. The van der Waals surface area contributed by atoms with Gasteiger partial charge in [0.25, 0.3) is 11.9 Å². The molecule has 0 spiro atoms. The number of carbonyl (C=O) groups excluding carboxylic acids is 1. The fourth-order valence-corrected chi connectivity index (χ4v) is 3.20. The van der Waals surface area contributed by atoms with Crippen LogP contribution >= 0.6 is 0 Å². The normalized spacial score (nSPS) is 22.0. The Hall–Kier alpha value is -2.32. The first-order chi connectivity index (χ1) is 12.0. The summed E-state index contributed by atoms with van der Waals surface area (Å²) in [4.78, 5) is 27.4. The van der Waals surface area contributed by atoms with E-state index in [0.717, 1.165) is 24.5 Å². The third-order valence-electron chi connectivity index (χ3n) is 4.54. The Morgan fingerprint density at radius 1 is 1.40 bits per heavy atom. The van der Waals surface area contributed by atoms with Crippen molar-refractivity contribution in [3.8, 4) is 0 Å². The summed E-state index contributed by atoms with van der Waals surface area (Å²) in [5.74, 6) is -0.249. The molecule has 8 nitrogen and oxygen atoms in total. The average Bonchev–Trinajstić information content (AvgIpc) is 2.86. The molecule has 4 N–H and O–H groups in total. The molecule has 1 atom stereocenters. The maximum absolute atomic E-state index is 12.7. The first-order valence-corrected chi connectivity index (χ1v) is 8.81. The number of hydrogen-bond donors (Lipinski definition) is 3. The van der Waals surface area contributed by atoms with Crippen molar-refractivity contribution in [2.45, 2.75) is 13.8 Å². The summed E-state index contributed by atoms with van der Waals surface area (Å²) in [6.45, 7) is 14.2. The number of quaternary nitrogens is 2. The van der Waals surface area contributed by atoms with Crippen molar-refractivity contribution in [2.24, 2.45) is 10.9 Å². The van der Waals surface area contributed by atoms with Crippen LogP contribution in [0.4, 0.5) is 5.95 Å². The Morgan fingerprint density at radius 2 is 2.08 bits per heavy atom. The molecule has 8 heteroatoms. The average molecular weight is 345 g/mol. The zero-order valence-corrected chi connectivity index (χ0v) is 15.0. The molecule has 1 amide bonds. The van der Waals surface area contributed by atoms with Gasteiger partial charge in [0.1, 0.15) is 32.1 Å². The molecule has 1 aromatic heterocycles. The molecule has 3 heterocycles. The van der Waals surface area contributed by atoms with E-state index in [0.29, 0.717) is 11.6 Å². The molecule has 2 fully saturated rings. The van der Waals surface area contributed by atoms with Crippen molar-refractivity contribution >= 4 is 18.1 Å². The van der Waals surface area contributed by atoms with E-state index in [-0.39, 0.29) is 5.91 Å². The molecule has 3 rings (SSSR count). The van der Waals surface area contributed by atoms with E-state index in [1.165, 1.54) is 31.2 Å². The van der Waals surface area contributed by atoms with Crippen LogP contribution < -0.4 is 20.7 Å². The highest BCUT2D eigenvalue weighted by Crippen LogP contribution is 2.21. The number of aromatic nitrogens is 2. The number of piperazine rings is 1. The maximum atomic E-state index is 12.7. The number of hydrazine groups is 1. The fourth-order valence-electron chi connectivity index (χ4n) is 3.20. The van der Waals surface area contributed by atoms with Crippen molar-refractivity contribution in [1.82, 2.24) is 15.4 Å². The van der Waals surface area contributed by atoms with Gasteiger partial charge in [0.05, 0.1) is 13.1 Å². The van der Waals surface area contributed by atoms with Crippen molar-refractivity contribution < 1.29 is 15.0 Å². The van der Waals surface area contributed by atoms with Crippen LogP contribution in [0, 0.1) is 19.8 Å². The zero-order valence-electron chi connectivity index (χ0n) is 15.0. The highest BCUT2D eigenvalue weighted by Gasteiger charge is 2.36. The summed E-state index contributed by atoms with van der Waals surface area (Å²) < 4.78 is 0. The first-order valence-electron chi connectivity index (χ1n) is 8.81. The van der Waals surface area contributed by atoms with E-state index in [2.05, 4.69) is 32.3 Å². The highest BCUT2D eigenvalue weighted by atomic mass is 16.2. The number of amides is 1. The van der Waals surface area contributed by atoms with Gasteiger partial charge in [0.15, 0.2) is 0 Å². The molecule has 2 aliphatic heterocycles. The van der Waals surface area contributed by atoms with E-state index in [4.69, 9.17) is 0 Å². The first kappa shape index (κ1) is 17.5. The minimum atomic E-state index is -0.464. The van der Waals surface area contributed by atoms with E-state index in [1.807, 2.05) is 19.9 Å². The Bertz CT molecular complexity index is 661. The monoisotopic (exact) mass is 345 g/mol. The van der Waals surface area contributed by atoms with Crippen molar-refractivity contribution in [3.63, 3.8) is 0 Å². The third kappa shape index (κ3) is 4.21. The summed E-state index contributed by atoms with van der Waals surface area (Å²) in [6, 6.07) is 1.87. The molecular formula is C17H27N7O+2. The Kier molecular flexibility index (Phi) is 5.40. The molecule has 25 heavy (non-hydrogen) atoms. The second-order valence-electron chi connectivity index (χ2n) is 6.66. The molecule has 2 saturated heterocycles. The molecule has 0 unspecified atom stereocenters. The predicted molar refractivity (Wildman–Crippen MR) is 95.3 cm³/mol. The summed E-state index contributed by atoms with van der Waals surface area (Å²) in [7, 11) is 0. The highest BCUT2D eigenvalue weighted by molar-refractivity contribution is 6.07. The van der Waals surface area contributed by atoms with Gasteiger partial charge < -0.3 is 10.2 Å². The third-order valence-corrected chi connectivity index (χ3v) is 4.54. The van der Waals surface area contributed by atoms with E-state index >= 15 is 0 Å². The van der Waals surface area contributed by atoms with Crippen molar-refractivity contribution in [2.75, 3.05) is 44.3 Å². The van der Waals surface area contributed by atoms with Gasteiger partial charge in [-0.05, 0) is 19.9 Å². The fraction of sp³-hybridized carbons (Fsp3) is 0.529.